The van der Waals surface area contributed by atoms with Crippen LogP contribution in [-0.4, -0.2) is 35.5 Å². The maximum Gasteiger partial charge on any atom is 0.269 e. The topological polar surface area (TPSA) is 58.4 Å². The number of hydrogen-bond acceptors (Lipinski definition) is 4. The number of nitrogens with zero attached hydrogens (tertiary/aromatic N) is 2. The number of nitrogens with one attached hydrogen (secondary N) is 1. The van der Waals surface area contributed by atoms with Gasteiger partial charge in [0.2, 0.25) is 0 Å². The molecule has 5 nitrogen and oxygen atoms in total. The lowest BCUT2D eigenvalue weighted by atomic mass is 9.96. The Morgan fingerprint density at radius 2 is 2.10 bits per heavy atom. The summed E-state index contributed by atoms with van der Waals surface area (Å²) in [7, 11) is 0. The molecule has 0 saturated carbocycles. The van der Waals surface area contributed by atoms with Gasteiger partial charge < -0.3 is 5.32 Å². The third kappa shape index (κ3) is 5.10. The average molecular weight is 291 g/mol. The first-order valence-corrected chi connectivity index (χ1v) is 7.73. The van der Waals surface area contributed by atoms with E-state index in [0.717, 1.165) is 37.7 Å². The summed E-state index contributed by atoms with van der Waals surface area (Å²) in [4.78, 5) is 12.9. The zero-order chi connectivity index (χ0) is 15.2. The van der Waals surface area contributed by atoms with E-state index in [1.54, 1.807) is 18.2 Å². The number of nitro groups is 1. The van der Waals surface area contributed by atoms with Gasteiger partial charge in [-0.1, -0.05) is 26.0 Å². The molecule has 0 bridgehead atoms. The molecule has 116 valence electrons. The fraction of sp³-hybridized carbons (Fsp3) is 0.625. The fourth-order valence-electron chi connectivity index (χ4n) is 2.78. The van der Waals surface area contributed by atoms with Crippen molar-refractivity contribution in [2.75, 3.05) is 19.6 Å². The number of non-ortho nitro benzene ring substituents is 1. The van der Waals surface area contributed by atoms with E-state index in [-0.39, 0.29) is 10.6 Å². The summed E-state index contributed by atoms with van der Waals surface area (Å²) < 4.78 is 0. The van der Waals surface area contributed by atoms with Crippen LogP contribution in [0.3, 0.4) is 0 Å². The molecule has 1 aromatic rings. The number of hydrogen-bond donors (Lipinski definition) is 1. The zero-order valence-corrected chi connectivity index (χ0v) is 12.9. The Hall–Kier alpha value is -1.46. The molecule has 0 spiro atoms. The van der Waals surface area contributed by atoms with Gasteiger partial charge in [-0.25, -0.2) is 0 Å². The second-order valence-electron chi connectivity index (χ2n) is 6.21. The first kappa shape index (κ1) is 15.9. The number of piperidine rings is 1. The molecule has 0 unspecified atom stereocenters. The van der Waals surface area contributed by atoms with Crippen molar-refractivity contribution in [1.29, 1.82) is 0 Å². The molecular formula is C16H25N3O2. The van der Waals surface area contributed by atoms with Crippen LogP contribution in [0.5, 0.6) is 0 Å². The summed E-state index contributed by atoms with van der Waals surface area (Å²) in [5.74, 6) is 0.758. The Morgan fingerprint density at radius 3 is 2.71 bits per heavy atom. The van der Waals surface area contributed by atoms with Crippen molar-refractivity contribution in [3.8, 4) is 0 Å². The van der Waals surface area contributed by atoms with Gasteiger partial charge in [-0.15, -0.1) is 0 Å². The molecule has 1 saturated heterocycles. The lowest BCUT2D eigenvalue weighted by Crippen LogP contribution is -2.38. The number of likely N-dealkylation sites (tertiary alicyclic amines) is 1. The third-order valence-corrected chi connectivity index (χ3v) is 4.05. The maximum atomic E-state index is 10.8. The summed E-state index contributed by atoms with van der Waals surface area (Å²) in [6, 6.07) is 7.53. The van der Waals surface area contributed by atoms with Crippen molar-refractivity contribution >= 4 is 5.69 Å². The summed E-state index contributed by atoms with van der Waals surface area (Å²) in [6.07, 6.45) is 2.41. The Morgan fingerprint density at radius 1 is 1.38 bits per heavy atom. The largest absolute Gasteiger partial charge is 0.314 e. The molecule has 0 radical (unpaired) electrons. The number of rotatable bonds is 6. The van der Waals surface area contributed by atoms with Gasteiger partial charge in [0.25, 0.3) is 5.69 Å². The highest BCUT2D eigenvalue weighted by Crippen LogP contribution is 2.20. The Kier molecular flexibility index (Phi) is 5.70. The molecule has 1 heterocycles. The van der Waals surface area contributed by atoms with Crippen LogP contribution in [-0.2, 0) is 6.54 Å². The average Bonchev–Trinajstić information content (AvgIpc) is 2.47. The Balaban J connectivity index is 1.80. The van der Waals surface area contributed by atoms with E-state index in [9.17, 15) is 10.1 Å². The molecule has 5 heteroatoms. The monoisotopic (exact) mass is 291 g/mol. The van der Waals surface area contributed by atoms with Crippen LogP contribution >= 0.6 is 0 Å². The summed E-state index contributed by atoms with van der Waals surface area (Å²) >= 11 is 0. The van der Waals surface area contributed by atoms with Crippen molar-refractivity contribution in [2.45, 2.75) is 39.3 Å². The van der Waals surface area contributed by atoms with E-state index in [2.05, 4.69) is 24.1 Å². The van der Waals surface area contributed by atoms with Gasteiger partial charge in [-0.2, -0.15) is 0 Å². The molecule has 2 rings (SSSR count). The van der Waals surface area contributed by atoms with Crippen molar-refractivity contribution in [2.24, 2.45) is 5.92 Å². The zero-order valence-electron chi connectivity index (χ0n) is 12.9. The molecule has 1 fully saturated rings. The Labute approximate surface area is 126 Å². The molecule has 1 aromatic carbocycles. The van der Waals surface area contributed by atoms with E-state index in [0.29, 0.717) is 6.04 Å². The predicted octanol–water partition coefficient (Wildman–Crippen LogP) is 2.80. The second kappa shape index (κ2) is 7.52. The minimum Gasteiger partial charge on any atom is -0.314 e. The standard InChI is InChI=1S/C16H25N3O2/c1-13(2)17-11-14-6-8-18(9-7-14)12-15-4-3-5-16(10-15)19(20)21/h3-5,10,13-14,17H,6-9,11-12H2,1-2H3. The van der Waals surface area contributed by atoms with Crippen LogP contribution in [0.2, 0.25) is 0 Å². The minimum absolute atomic E-state index is 0.184. The molecule has 1 aliphatic rings. The summed E-state index contributed by atoms with van der Waals surface area (Å²) in [6.45, 7) is 8.42. The molecular weight excluding hydrogens is 266 g/mol. The SMILES string of the molecule is CC(C)NCC1CCN(Cc2cccc([N+](=O)[O-])c2)CC1. The van der Waals surface area contributed by atoms with Gasteiger partial charge in [-0.3, -0.25) is 15.0 Å². The maximum absolute atomic E-state index is 10.8. The number of benzene rings is 1. The van der Waals surface area contributed by atoms with Crippen LogP contribution in [0.1, 0.15) is 32.3 Å². The van der Waals surface area contributed by atoms with Crippen molar-refractivity contribution in [3.05, 3.63) is 39.9 Å². The minimum atomic E-state index is -0.326. The molecule has 1 aliphatic heterocycles. The van der Waals surface area contributed by atoms with E-state index < -0.39 is 0 Å². The summed E-state index contributed by atoms with van der Waals surface area (Å²) in [5, 5.41) is 14.3. The lowest BCUT2D eigenvalue weighted by Gasteiger charge is -2.32. The van der Waals surface area contributed by atoms with Gasteiger partial charge in [0.1, 0.15) is 0 Å². The molecule has 1 N–H and O–H groups in total. The van der Waals surface area contributed by atoms with Crippen molar-refractivity contribution in [1.82, 2.24) is 10.2 Å². The summed E-state index contributed by atoms with van der Waals surface area (Å²) in [5.41, 5.74) is 1.21. The van der Waals surface area contributed by atoms with E-state index >= 15 is 0 Å². The Bertz CT molecular complexity index is 468. The predicted molar refractivity (Wildman–Crippen MR) is 84.2 cm³/mol. The van der Waals surface area contributed by atoms with Gasteiger partial charge in [0, 0.05) is 24.7 Å². The van der Waals surface area contributed by atoms with E-state index in [4.69, 9.17) is 0 Å². The van der Waals surface area contributed by atoms with Gasteiger partial charge >= 0.3 is 0 Å². The van der Waals surface area contributed by atoms with Crippen LogP contribution in [0.25, 0.3) is 0 Å². The van der Waals surface area contributed by atoms with Crippen LogP contribution < -0.4 is 5.32 Å². The van der Waals surface area contributed by atoms with E-state index in [1.165, 1.54) is 12.8 Å². The second-order valence-corrected chi connectivity index (χ2v) is 6.21. The van der Waals surface area contributed by atoms with Gasteiger partial charge in [-0.05, 0) is 44.0 Å². The first-order chi connectivity index (χ1) is 10.0. The lowest BCUT2D eigenvalue weighted by molar-refractivity contribution is -0.384. The fourth-order valence-corrected chi connectivity index (χ4v) is 2.78. The van der Waals surface area contributed by atoms with Crippen LogP contribution in [0, 0.1) is 16.0 Å². The molecule has 0 aromatic heterocycles. The molecule has 0 atom stereocenters. The molecule has 0 aliphatic carbocycles. The molecule has 21 heavy (non-hydrogen) atoms. The molecule has 0 amide bonds. The number of nitro benzene ring substituents is 1. The quantitative estimate of drug-likeness (QED) is 0.647. The highest BCUT2D eigenvalue weighted by atomic mass is 16.6. The van der Waals surface area contributed by atoms with E-state index in [1.807, 2.05) is 6.07 Å². The van der Waals surface area contributed by atoms with Crippen LogP contribution in [0.15, 0.2) is 24.3 Å². The third-order valence-electron chi connectivity index (χ3n) is 4.05. The smallest absolute Gasteiger partial charge is 0.269 e. The van der Waals surface area contributed by atoms with Crippen molar-refractivity contribution in [3.63, 3.8) is 0 Å². The highest BCUT2D eigenvalue weighted by Gasteiger charge is 2.19. The van der Waals surface area contributed by atoms with Crippen LogP contribution in [0.4, 0.5) is 5.69 Å². The van der Waals surface area contributed by atoms with Gasteiger partial charge in [0.05, 0.1) is 4.92 Å². The first-order valence-electron chi connectivity index (χ1n) is 7.73. The van der Waals surface area contributed by atoms with Crippen molar-refractivity contribution < 1.29 is 4.92 Å². The van der Waals surface area contributed by atoms with Gasteiger partial charge in [0.15, 0.2) is 0 Å². The highest BCUT2D eigenvalue weighted by molar-refractivity contribution is 5.34. The normalized spacial score (nSPS) is 17.3.